The summed E-state index contributed by atoms with van der Waals surface area (Å²) in [6, 6.07) is 8.54. The van der Waals surface area contributed by atoms with Crippen molar-refractivity contribution >= 4 is 0 Å². The van der Waals surface area contributed by atoms with Crippen molar-refractivity contribution in [3.8, 4) is 0 Å². The van der Waals surface area contributed by atoms with Crippen LogP contribution in [-0.2, 0) is 0 Å². The Bertz CT molecular complexity index is 248. The van der Waals surface area contributed by atoms with Gasteiger partial charge in [-0.15, -0.1) is 6.58 Å². The molecule has 0 bridgehead atoms. The lowest BCUT2D eigenvalue weighted by molar-refractivity contribution is 0.968. The maximum absolute atomic E-state index is 3.77. The van der Waals surface area contributed by atoms with Gasteiger partial charge in [-0.1, -0.05) is 42.8 Å². The first-order valence-corrected chi connectivity index (χ1v) is 3.93. The van der Waals surface area contributed by atoms with Crippen LogP contribution in [0.2, 0.25) is 0 Å². The van der Waals surface area contributed by atoms with Crippen LogP contribution in [0.3, 0.4) is 0 Å². The monoisotopic (exact) mass is 146 g/mol. The molecule has 1 rings (SSSR count). The zero-order chi connectivity index (χ0) is 8.27. The number of rotatable bonds is 2. The van der Waals surface area contributed by atoms with Crippen molar-refractivity contribution in [2.24, 2.45) is 0 Å². The average Bonchev–Trinajstić information content (AvgIpc) is 2.03. The second-order valence-corrected chi connectivity index (χ2v) is 2.94. The minimum Gasteiger partial charge on any atom is -0.102 e. The highest BCUT2D eigenvalue weighted by atomic mass is 14.0. The van der Waals surface area contributed by atoms with Crippen LogP contribution in [0.25, 0.3) is 0 Å². The lowest BCUT2D eigenvalue weighted by atomic mass is 10.00. The second-order valence-electron chi connectivity index (χ2n) is 2.94. The van der Waals surface area contributed by atoms with Crippen molar-refractivity contribution in [1.29, 1.82) is 0 Å². The van der Waals surface area contributed by atoms with E-state index >= 15 is 0 Å². The summed E-state index contributed by atoms with van der Waals surface area (Å²) in [5.74, 6) is 0.467. The molecular weight excluding hydrogens is 132 g/mol. The summed E-state index contributed by atoms with van der Waals surface area (Å²) in [6.45, 7) is 8.03. The molecular formula is C11H14. The fourth-order valence-corrected chi connectivity index (χ4v) is 1.09. The van der Waals surface area contributed by atoms with Gasteiger partial charge in [0.2, 0.25) is 0 Å². The Morgan fingerprint density at radius 3 is 2.73 bits per heavy atom. The van der Waals surface area contributed by atoms with Crippen LogP contribution in [0, 0.1) is 6.92 Å². The van der Waals surface area contributed by atoms with E-state index in [1.807, 2.05) is 6.08 Å². The summed E-state index contributed by atoms with van der Waals surface area (Å²) >= 11 is 0. The van der Waals surface area contributed by atoms with Crippen LogP contribution in [-0.4, -0.2) is 0 Å². The van der Waals surface area contributed by atoms with Crippen molar-refractivity contribution < 1.29 is 0 Å². The smallest absolute Gasteiger partial charge is 0.00130 e. The van der Waals surface area contributed by atoms with E-state index in [0.717, 1.165) is 0 Å². The third kappa shape index (κ3) is 1.94. The SMILES string of the molecule is C=C[C@H](C)c1cccc(C)c1. The van der Waals surface area contributed by atoms with Gasteiger partial charge in [0.25, 0.3) is 0 Å². The fourth-order valence-electron chi connectivity index (χ4n) is 1.09. The van der Waals surface area contributed by atoms with Gasteiger partial charge in [-0.05, 0) is 18.4 Å². The van der Waals surface area contributed by atoms with Gasteiger partial charge in [-0.2, -0.15) is 0 Å². The van der Waals surface area contributed by atoms with Gasteiger partial charge >= 0.3 is 0 Å². The Morgan fingerprint density at radius 1 is 1.45 bits per heavy atom. The summed E-state index contributed by atoms with van der Waals surface area (Å²) in [5, 5.41) is 0. The summed E-state index contributed by atoms with van der Waals surface area (Å²) < 4.78 is 0. The molecule has 0 radical (unpaired) electrons. The van der Waals surface area contributed by atoms with E-state index in [0.29, 0.717) is 5.92 Å². The number of aryl methyl sites for hydroxylation is 1. The minimum atomic E-state index is 0.467. The normalized spacial score (nSPS) is 12.5. The summed E-state index contributed by atoms with van der Waals surface area (Å²) in [7, 11) is 0. The van der Waals surface area contributed by atoms with Gasteiger partial charge in [-0.25, -0.2) is 0 Å². The molecule has 0 heteroatoms. The second kappa shape index (κ2) is 3.38. The maximum Gasteiger partial charge on any atom is -0.00130 e. The van der Waals surface area contributed by atoms with E-state index < -0.39 is 0 Å². The van der Waals surface area contributed by atoms with Crippen molar-refractivity contribution in [1.82, 2.24) is 0 Å². The Labute approximate surface area is 68.6 Å². The maximum atomic E-state index is 3.77. The predicted molar refractivity (Wildman–Crippen MR) is 49.8 cm³/mol. The zero-order valence-corrected chi connectivity index (χ0v) is 7.17. The standard InChI is InChI=1S/C11H14/c1-4-10(3)11-7-5-6-9(2)8-11/h4-8,10H,1H2,2-3H3/t10-/m0/s1. The highest BCUT2D eigenvalue weighted by molar-refractivity contribution is 5.27. The molecule has 1 atom stereocenters. The zero-order valence-electron chi connectivity index (χ0n) is 7.17. The largest absolute Gasteiger partial charge is 0.102 e. The van der Waals surface area contributed by atoms with Gasteiger partial charge in [0, 0.05) is 0 Å². The van der Waals surface area contributed by atoms with E-state index in [-0.39, 0.29) is 0 Å². The van der Waals surface area contributed by atoms with Crippen molar-refractivity contribution in [3.63, 3.8) is 0 Å². The molecule has 11 heavy (non-hydrogen) atoms. The molecule has 0 saturated carbocycles. The number of hydrogen-bond donors (Lipinski definition) is 0. The fraction of sp³-hybridized carbons (Fsp3) is 0.273. The Balaban J connectivity index is 2.95. The quantitative estimate of drug-likeness (QED) is 0.562. The molecule has 1 aromatic rings. The topological polar surface area (TPSA) is 0 Å². The molecule has 0 saturated heterocycles. The first kappa shape index (κ1) is 8.06. The molecule has 0 unspecified atom stereocenters. The molecule has 0 spiro atoms. The lowest BCUT2D eigenvalue weighted by Gasteiger charge is -2.05. The number of hydrogen-bond acceptors (Lipinski definition) is 0. The molecule has 58 valence electrons. The van der Waals surface area contributed by atoms with Gasteiger partial charge in [0.1, 0.15) is 0 Å². The van der Waals surface area contributed by atoms with E-state index in [9.17, 15) is 0 Å². The third-order valence-electron chi connectivity index (χ3n) is 1.92. The van der Waals surface area contributed by atoms with Crippen LogP contribution in [0.4, 0.5) is 0 Å². The Hall–Kier alpha value is -1.04. The summed E-state index contributed by atoms with van der Waals surface area (Å²) in [6.07, 6.45) is 1.97. The first-order chi connectivity index (χ1) is 5.24. The molecule has 0 N–H and O–H groups in total. The molecule has 0 aliphatic carbocycles. The average molecular weight is 146 g/mol. The molecule has 0 aromatic heterocycles. The van der Waals surface area contributed by atoms with Gasteiger partial charge in [0.15, 0.2) is 0 Å². The Kier molecular flexibility index (Phi) is 2.48. The highest BCUT2D eigenvalue weighted by Gasteiger charge is 1.98. The molecule has 0 amide bonds. The van der Waals surface area contributed by atoms with E-state index in [1.54, 1.807) is 0 Å². The highest BCUT2D eigenvalue weighted by Crippen LogP contribution is 2.16. The van der Waals surface area contributed by atoms with Crippen LogP contribution in [0.15, 0.2) is 36.9 Å². The summed E-state index contributed by atoms with van der Waals surface area (Å²) in [5.41, 5.74) is 2.66. The van der Waals surface area contributed by atoms with Crippen LogP contribution < -0.4 is 0 Å². The van der Waals surface area contributed by atoms with Gasteiger partial charge in [0.05, 0.1) is 0 Å². The molecule has 0 nitrogen and oxygen atoms in total. The van der Waals surface area contributed by atoms with Crippen molar-refractivity contribution in [2.75, 3.05) is 0 Å². The Morgan fingerprint density at radius 2 is 2.18 bits per heavy atom. The van der Waals surface area contributed by atoms with E-state index in [4.69, 9.17) is 0 Å². The summed E-state index contributed by atoms with van der Waals surface area (Å²) in [4.78, 5) is 0. The van der Waals surface area contributed by atoms with E-state index in [1.165, 1.54) is 11.1 Å². The number of allylic oxidation sites excluding steroid dienone is 1. The predicted octanol–water partition coefficient (Wildman–Crippen LogP) is 3.28. The molecule has 0 fully saturated rings. The third-order valence-corrected chi connectivity index (χ3v) is 1.92. The number of benzene rings is 1. The minimum absolute atomic E-state index is 0.467. The van der Waals surface area contributed by atoms with Crippen molar-refractivity contribution in [3.05, 3.63) is 48.0 Å². The lowest BCUT2D eigenvalue weighted by Crippen LogP contribution is -1.87. The molecule has 0 heterocycles. The van der Waals surface area contributed by atoms with Crippen LogP contribution in [0.5, 0.6) is 0 Å². The van der Waals surface area contributed by atoms with Crippen LogP contribution in [0.1, 0.15) is 24.0 Å². The van der Waals surface area contributed by atoms with Crippen LogP contribution >= 0.6 is 0 Å². The van der Waals surface area contributed by atoms with E-state index in [2.05, 4.69) is 44.7 Å². The van der Waals surface area contributed by atoms with Gasteiger partial charge in [-0.3, -0.25) is 0 Å². The van der Waals surface area contributed by atoms with Crippen molar-refractivity contribution in [2.45, 2.75) is 19.8 Å². The molecule has 0 aliphatic rings. The first-order valence-electron chi connectivity index (χ1n) is 3.93. The molecule has 0 aliphatic heterocycles. The van der Waals surface area contributed by atoms with Gasteiger partial charge < -0.3 is 0 Å². The molecule has 1 aromatic carbocycles.